The van der Waals surface area contributed by atoms with Gasteiger partial charge in [-0.05, 0) is 45.2 Å². The van der Waals surface area contributed by atoms with Gasteiger partial charge in [-0.3, -0.25) is 4.68 Å². The van der Waals surface area contributed by atoms with Crippen molar-refractivity contribution in [3.63, 3.8) is 0 Å². The van der Waals surface area contributed by atoms with Crippen molar-refractivity contribution in [1.82, 2.24) is 20.1 Å². The van der Waals surface area contributed by atoms with E-state index in [4.69, 9.17) is 16.3 Å². The van der Waals surface area contributed by atoms with Gasteiger partial charge in [-0.2, -0.15) is 5.10 Å². The van der Waals surface area contributed by atoms with Crippen molar-refractivity contribution in [1.29, 1.82) is 0 Å². The van der Waals surface area contributed by atoms with Crippen molar-refractivity contribution >= 4 is 34.4 Å². The Labute approximate surface area is 188 Å². The van der Waals surface area contributed by atoms with E-state index in [9.17, 15) is 4.79 Å². The van der Waals surface area contributed by atoms with Crippen LogP contribution in [0.25, 0.3) is 10.9 Å². The van der Waals surface area contributed by atoms with Crippen LogP contribution in [0.5, 0.6) is 0 Å². The molecule has 1 aromatic carbocycles. The molecule has 0 aliphatic heterocycles. The van der Waals surface area contributed by atoms with Crippen LogP contribution in [-0.2, 0) is 11.8 Å². The van der Waals surface area contributed by atoms with Crippen LogP contribution in [0.15, 0.2) is 42.6 Å². The molecule has 0 spiro atoms. The first-order valence-electron chi connectivity index (χ1n) is 10.4. The molecule has 3 rings (SSSR count). The zero-order valence-electron chi connectivity index (χ0n) is 18.7. The molecule has 1 atom stereocenters. The molecule has 2 aromatic heterocycles. The molecule has 8 heteroatoms. The summed E-state index contributed by atoms with van der Waals surface area (Å²) in [6.07, 6.45) is 2.96. The number of aryl methyl sites for hydroxylation is 1. The van der Waals surface area contributed by atoms with Gasteiger partial charge in [0.05, 0.1) is 12.2 Å². The average Bonchev–Trinajstić information content (AvgIpc) is 3.06. The Morgan fingerprint density at radius 2 is 2.00 bits per heavy atom. The van der Waals surface area contributed by atoms with E-state index in [0.29, 0.717) is 5.15 Å². The molecular formula is C23H30ClN5O2. The van der Waals surface area contributed by atoms with Crippen molar-refractivity contribution in [3.8, 4) is 0 Å². The molecule has 0 aliphatic carbocycles. The van der Waals surface area contributed by atoms with Gasteiger partial charge in [-0.25, -0.2) is 9.78 Å². The highest BCUT2D eigenvalue weighted by Crippen LogP contribution is 2.27. The number of benzene rings is 1. The summed E-state index contributed by atoms with van der Waals surface area (Å²) in [5, 5.41) is 8.73. The molecule has 0 saturated carbocycles. The number of ether oxygens (including phenoxy) is 1. The van der Waals surface area contributed by atoms with E-state index in [-0.39, 0.29) is 6.04 Å². The Morgan fingerprint density at radius 3 is 2.68 bits per heavy atom. The predicted molar refractivity (Wildman–Crippen MR) is 125 cm³/mol. The number of carbonyl (C=O) groups excluding carboxylic acids is 1. The molecule has 1 N–H and O–H groups in total. The Kier molecular flexibility index (Phi) is 7.05. The summed E-state index contributed by atoms with van der Waals surface area (Å²) >= 11 is 6.22. The number of halogens is 1. The smallest absolute Gasteiger partial charge is 0.408 e. The van der Waals surface area contributed by atoms with E-state index in [0.717, 1.165) is 41.7 Å². The van der Waals surface area contributed by atoms with Gasteiger partial charge in [0.25, 0.3) is 0 Å². The highest BCUT2D eigenvalue weighted by Gasteiger charge is 2.21. The van der Waals surface area contributed by atoms with Gasteiger partial charge in [-0.1, -0.05) is 41.9 Å². The quantitative estimate of drug-likeness (QED) is 0.514. The number of aromatic nitrogens is 3. The number of nitrogens with zero attached hydrogens (tertiary/aromatic N) is 4. The zero-order valence-corrected chi connectivity index (χ0v) is 19.5. The summed E-state index contributed by atoms with van der Waals surface area (Å²) in [6.45, 7) is 6.32. The zero-order chi connectivity index (χ0) is 22.6. The summed E-state index contributed by atoms with van der Waals surface area (Å²) in [5.74, 6) is 0.791. The van der Waals surface area contributed by atoms with Crippen molar-refractivity contribution in [2.45, 2.75) is 45.3 Å². The second kappa shape index (κ2) is 9.56. The van der Waals surface area contributed by atoms with E-state index in [1.165, 1.54) is 0 Å². The first-order chi connectivity index (χ1) is 14.6. The molecule has 1 unspecified atom stereocenters. The molecule has 7 nitrogen and oxygen atoms in total. The molecule has 166 valence electrons. The lowest BCUT2D eigenvalue weighted by atomic mass is 10.0. The molecule has 0 saturated heterocycles. The van der Waals surface area contributed by atoms with Crippen LogP contribution in [0.1, 0.15) is 45.2 Å². The summed E-state index contributed by atoms with van der Waals surface area (Å²) in [6, 6.07) is 11.6. The number of nitrogens with one attached hydrogen (secondary N) is 1. The largest absolute Gasteiger partial charge is 0.444 e. The summed E-state index contributed by atoms with van der Waals surface area (Å²) in [7, 11) is 3.88. The van der Waals surface area contributed by atoms with Gasteiger partial charge < -0.3 is 15.0 Å². The standard InChI is InChI=1S/C23H30ClN5O2/c1-23(2,3)31-22(30)26-18(16-10-7-6-8-11-16)12-9-13-28(4)21-20-17(14-19(24)27-21)15-25-29(20)5/h6-8,10-11,14-15,18H,9,12-13H2,1-5H3,(H,26,30). The number of carbonyl (C=O) groups is 1. The summed E-state index contributed by atoms with van der Waals surface area (Å²) in [4.78, 5) is 19.0. The number of pyridine rings is 1. The Hall–Kier alpha value is -2.80. The van der Waals surface area contributed by atoms with E-state index < -0.39 is 11.7 Å². The number of alkyl carbamates (subject to hydrolysis) is 1. The van der Waals surface area contributed by atoms with Crippen LogP contribution in [0.3, 0.4) is 0 Å². The van der Waals surface area contributed by atoms with Gasteiger partial charge in [0.1, 0.15) is 16.3 Å². The maximum absolute atomic E-state index is 12.4. The fourth-order valence-electron chi connectivity index (χ4n) is 3.51. The lowest BCUT2D eigenvalue weighted by Crippen LogP contribution is -2.35. The molecule has 31 heavy (non-hydrogen) atoms. The molecule has 0 fully saturated rings. The van der Waals surface area contributed by atoms with Crippen LogP contribution in [0.4, 0.5) is 10.6 Å². The van der Waals surface area contributed by atoms with Gasteiger partial charge in [0, 0.05) is 26.0 Å². The Bertz CT molecular complexity index is 1030. The SMILES string of the molecule is CN(CCCC(NC(=O)OC(C)(C)C)c1ccccc1)c1nc(Cl)cc2cnn(C)c12. The molecule has 0 aliphatic rings. The number of amides is 1. The maximum Gasteiger partial charge on any atom is 0.408 e. The van der Waals surface area contributed by atoms with Crippen molar-refractivity contribution in [2.24, 2.45) is 7.05 Å². The first kappa shape index (κ1) is 22.9. The lowest BCUT2D eigenvalue weighted by molar-refractivity contribution is 0.0500. The van der Waals surface area contributed by atoms with Gasteiger partial charge >= 0.3 is 6.09 Å². The van der Waals surface area contributed by atoms with E-state index in [1.807, 2.05) is 71.3 Å². The predicted octanol–water partition coefficient (Wildman–Crippen LogP) is 5.10. The number of anilines is 1. The fraction of sp³-hybridized carbons (Fsp3) is 0.435. The van der Waals surface area contributed by atoms with Crippen molar-refractivity contribution < 1.29 is 9.53 Å². The Morgan fingerprint density at radius 1 is 1.29 bits per heavy atom. The third-order valence-corrected chi connectivity index (χ3v) is 5.10. The van der Waals surface area contributed by atoms with E-state index in [1.54, 1.807) is 10.9 Å². The number of hydrogen-bond acceptors (Lipinski definition) is 5. The average molecular weight is 444 g/mol. The van der Waals surface area contributed by atoms with Crippen LogP contribution in [0, 0.1) is 0 Å². The van der Waals surface area contributed by atoms with Gasteiger partial charge in [0.2, 0.25) is 0 Å². The first-order valence-corrected chi connectivity index (χ1v) is 10.8. The lowest BCUT2D eigenvalue weighted by Gasteiger charge is -2.25. The van der Waals surface area contributed by atoms with Crippen LogP contribution < -0.4 is 10.2 Å². The third kappa shape index (κ3) is 6.10. The summed E-state index contributed by atoms with van der Waals surface area (Å²) in [5.41, 5.74) is 1.45. The molecule has 0 radical (unpaired) electrons. The minimum Gasteiger partial charge on any atom is -0.444 e. The molecule has 0 bridgehead atoms. The van der Waals surface area contributed by atoms with Gasteiger partial charge in [0.15, 0.2) is 5.82 Å². The Balaban J connectivity index is 1.69. The minimum atomic E-state index is -0.543. The van der Waals surface area contributed by atoms with Gasteiger partial charge in [-0.15, -0.1) is 0 Å². The monoisotopic (exact) mass is 443 g/mol. The number of fused-ring (bicyclic) bond motifs is 1. The minimum absolute atomic E-state index is 0.145. The summed E-state index contributed by atoms with van der Waals surface area (Å²) < 4.78 is 7.26. The van der Waals surface area contributed by atoms with E-state index in [2.05, 4.69) is 20.3 Å². The second-order valence-electron chi connectivity index (χ2n) is 8.65. The topological polar surface area (TPSA) is 72.3 Å². The normalized spacial score (nSPS) is 12.6. The van der Waals surface area contributed by atoms with Crippen molar-refractivity contribution in [3.05, 3.63) is 53.3 Å². The molecule has 1 amide bonds. The second-order valence-corrected chi connectivity index (χ2v) is 9.04. The van der Waals surface area contributed by atoms with Crippen LogP contribution >= 0.6 is 11.6 Å². The van der Waals surface area contributed by atoms with Crippen LogP contribution in [-0.4, -0.2) is 40.1 Å². The van der Waals surface area contributed by atoms with E-state index >= 15 is 0 Å². The third-order valence-electron chi connectivity index (χ3n) is 4.91. The fourth-order valence-corrected chi connectivity index (χ4v) is 3.71. The molecule has 3 aromatic rings. The van der Waals surface area contributed by atoms with Crippen LogP contribution in [0.2, 0.25) is 5.15 Å². The highest BCUT2D eigenvalue weighted by atomic mass is 35.5. The molecule has 2 heterocycles. The molecular weight excluding hydrogens is 414 g/mol. The van der Waals surface area contributed by atoms with Crippen molar-refractivity contribution in [2.75, 3.05) is 18.5 Å². The number of hydrogen-bond donors (Lipinski definition) is 1. The number of rotatable bonds is 7. The highest BCUT2D eigenvalue weighted by molar-refractivity contribution is 6.30. The maximum atomic E-state index is 12.4.